The highest BCUT2D eigenvalue weighted by atomic mass is 32.2. The first-order valence-corrected chi connectivity index (χ1v) is 10.6. The van der Waals surface area contributed by atoms with E-state index in [1.165, 1.54) is 24.5 Å². The van der Waals surface area contributed by atoms with E-state index in [0.29, 0.717) is 17.0 Å². The average Bonchev–Trinajstić information content (AvgIpc) is 3.21. The molecule has 0 aliphatic heterocycles. The fourth-order valence-electron chi connectivity index (χ4n) is 3.04. The highest BCUT2D eigenvalue weighted by molar-refractivity contribution is 7.85. The first-order valence-electron chi connectivity index (χ1n) is 8.82. The molecule has 0 saturated carbocycles. The lowest BCUT2D eigenvalue weighted by Gasteiger charge is -2.10. The van der Waals surface area contributed by atoms with Crippen LogP contribution in [-0.4, -0.2) is 16.2 Å². The van der Waals surface area contributed by atoms with Crippen LogP contribution in [0, 0.1) is 23.1 Å². The Kier molecular flexibility index (Phi) is 5.50. The molecule has 4 rings (SSSR count). The topological polar surface area (TPSA) is 87.1 Å². The Hall–Kier alpha value is -3.64. The maximum Gasteiger partial charge on any atom is 0.227 e. The van der Waals surface area contributed by atoms with Gasteiger partial charge in [0.1, 0.15) is 17.1 Å². The lowest BCUT2D eigenvalue weighted by Crippen LogP contribution is -2.01. The Bertz CT molecular complexity index is 1310. The van der Waals surface area contributed by atoms with Gasteiger partial charge in [0.15, 0.2) is 5.82 Å². The van der Waals surface area contributed by atoms with Crippen LogP contribution in [0.3, 0.4) is 0 Å². The summed E-state index contributed by atoms with van der Waals surface area (Å²) in [6.07, 6.45) is 6.11. The van der Waals surface area contributed by atoms with Crippen LogP contribution in [-0.2, 0) is 16.4 Å². The van der Waals surface area contributed by atoms with Crippen molar-refractivity contribution in [3.05, 3.63) is 72.1 Å². The number of hydrogen-bond acceptors (Lipinski definition) is 6. The van der Waals surface area contributed by atoms with E-state index < -0.39 is 22.3 Å². The molecule has 150 valence electrons. The maximum atomic E-state index is 14.5. The van der Waals surface area contributed by atoms with Crippen molar-refractivity contribution < 1.29 is 13.2 Å². The minimum absolute atomic E-state index is 0.00604. The summed E-state index contributed by atoms with van der Waals surface area (Å²) in [6.45, 7) is 0. The molecule has 0 aliphatic rings. The molecule has 2 heterocycles. The Labute approximate surface area is 173 Å². The molecule has 30 heavy (non-hydrogen) atoms. The second kappa shape index (κ2) is 8.39. The van der Waals surface area contributed by atoms with Gasteiger partial charge in [0.2, 0.25) is 12.1 Å². The van der Waals surface area contributed by atoms with Crippen molar-refractivity contribution >= 4 is 33.3 Å². The molecule has 0 saturated heterocycles. The largest absolute Gasteiger partial charge is 0.464 e. The molecule has 2 aromatic carbocycles. The number of nitrogens with zero attached hydrogens (tertiary/aromatic N) is 4. The number of nitrogens with one attached hydrogen (secondary N) is 1. The van der Waals surface area contributed by atoms with E-state index in [9.17, 15) is 8.78 Å². The van der Waals surface area contributed by atoms with E-state index in [2.05, 4.69) is 19.6 Å². The maximum absolute atomic E-state index is 14.5. The minimum atomic E-state index is -0.647. The zero-order valence-electron chi connectivity index (χ0n) is 15.8. The number of furan rings is 1. The van der Waals surface area contributed by atoms with Gasteiger partial charge < -0.3 is 9.73 Å². The van der Waals surface area contributed by atoms with Crippen molar-refractivity contribution in [3.63, 3.8) is 0 Å². The molecule has 0 spiro atoms. The summed E-state index contributed by atoms with van der Waals surface area (Å²) in [4.78, 5) is 8.28. The van der Waals surface area contributed by atoms with E-state index in [0.717, 1.165) is 11.8 Å². The highest BCUT2D eigenvalue weighted by Crippen LogP contribution is 2.32. The number of rotatable bonds is 5. The van der Waals surface area contributed by atoms with Gasteiger partial charge in [0.25, 0.3) is 0 Å². The Balaban J connectivity index is 1.66. The third-order valence-electron chi connectivity index (χ3n) is 4.32. The number of nitriles is 1. The molecule has 6 nitrogen and oxygen atoms in total. The van der Waals surface area contributed by atoms with Crippen molar-refractivity contribution in [2.45, 2.75) is 5.75 Å². The zero-order chi connectivity index (χ0) is 21.1. The fourth-order valence-corrected chi connectivity index (χ4v) is 3.91. The quantitative estimate of drug-likeness (QED) is 0.439. The van der Waals surface area contributed by atoms with Crippen LogP contribution in [0.4, 0.5) is 20.4 Å². The van der Waals surface area contributed by atoms with Gasteiger partial charge in [-0.05, 0) is 42.2 Å². The molecule has 0 amide bonds. The predicted molar refractivity (Wildman–Crippen MR) is 112 cm³/mol. The second-order valence-corrected chi connectivity index (χ2v) is 8.08. The van der Waals surface area contributed by atoms with Gasteiger partial charge in [-0.25, -0.2) is 18.7 Å². The smallest absolute Gasteiger partial charge is 0.227 e. The van der Waals surface area contributed by atoms with Crippen LogP contribution < -0.4 is 5.32 Å². The molecule has 9 heteroatoms. The SMILES string of the molecule is C/S(Cc1cccc(Nc2ncc(F)c(-c3ccc(F)c4ccoc34)n2)c1)=N/C#N. The lowest BCUT2D eigenvalue weighted by molar-refractivity contribution is 0.605. The van der Waals surface area contributed by atoms with E-state index in [1.807, 2.05) is 36.7 Å². The molecule has 0 radical (unpaired) electrons. The molecule has 4 aromatic rings. The van der Waals surface area contributed by atoms with E-state index in [4.69, 9.17) is 9.68 Å². The predicted octanol–water partition coefficient (Wildman–Crippen LogP) is 5.32. The summed E-state index contributed by atoms with van der Waals surface area (Å²) in [5, 5.41) is 12.0. The highest BCUT2D eigenvalue weighted by Gasteiger charge is 2.17. The van der Waals surface area contributed by atoms with E-state index in [-0.39, 0.29) is 22.6 Å². The molecule has 2 aromatic heterocycles. The van der Waals surface area contributed by atoms with Gasteiger partial charge in [0, 0.05) is 17.0 Å². The summed E-state index contributed by atoms with van der Waals surface area (Å²) in [7, 11) is -0.405. The molecular formula is C21H15F2N5OS. The second-order valence-electron chi connectivity index (χ2n) is 6.41. The lowest BCUT2D eigenvalue weighted by atomic mass is 10.1. The Morgan fingerprint density at radius 2 is 2.07 bits per heavy atom. The first-order chi connectivity index (χ1) is 14.5. The van der Waals surface area contributed by atoms with Crippen LogP contribution in [0.25, 0.3) is 22.2 Å². The fraction of sp³-hybridized carbons (Fsp3) is 0.0952. The summed E-state index contributed by atoms with van der Waals surface area (Å²) < 4.78 is 37.6. The number of hydrogen-bond donors (Lipinski definition) is 1. The Morgan fingerprint density at radius 1 is 1.20 bits per heavy atom. The molecule has 1 unspecified atom stereocenters. The number of anilines is 2. The van der Waals surface area contributed by atoms with Crippen LogP contribution in [0.1, 0.15) is 5.56 Å². The van der Waals surface area contributed by atoms with E-state index in [1.54, 1.807) is 0 Å². The third kappa shape index (κ3) is 4.04. The van der Waals surface area contributed by atoms with Gasteiger partial charge in [0.05, 0.1) is 17.8 Å². The van der Waals surface area contributed by atoms with Gasteiger partial charge in [-0.2, -0.15) is 9.62 Å². The molecule has 1 atom stereocenters. The summed E-state index contributed by atoms with van der Waals surface area (Å²) in [5.41, 5.74) is 2.26. The first kappa shape index (κ1) is 19.7. The van der Waals surface area contributed by atoms with Crippen LogP contribution in [0.15, 0.2) is 63.7 Å². The molecule has 1 N–H and O–H groups in total. The molecule has 0 aliphatic carbocycles. The molecule has 0 bridgehead atoms. The van der Waals surface area contributed by atoms with Gasteiger partial charge in [-0.3, -0.25) is 0 Å². The normalized spacial score (nSPS) is 12.1. The van der Waals surface area contributed by atoms with Crippen molar-refractivity contribution in [3.8, 4) is 17.5 Å². The minimum Gasteiger partial charge on any atom is -0.464 e. The number of aromatic nitrogens is 2. The number of fused-ring (bicyclic) bond motifs is 1. The average molecular weight is 423 g/mol. The Morgan fingerprint density at radius 3 is 2.90 bits per heavy atom. The van der Waals surface area contributed by atoms with Gasteiger partial charge >= 0.3 is 0 Å². The molecule has 0 fully saturated rings. The van der Waals surface area contributed by atoms with Crippen molar-refractivity contribution in [1.82, 2.24) is 9.97 Å². The summed E-state index contributed by atoms with van der Waals surface area (Å²) >= 11 is 0. The third-order valence-corrected chi connectivity index (χ3v) is 5.46. The van der Waals surface area contributed by atoms with Crippen molar-refractivity contribution in [2.24, 2.45) is 4.36 Å². The summed E-state index contributed by atoms with van der Waals surface area (Å²) in [6, 6.07) is 11.7. The number of benzene rings is 2. The van der Waals surface area contributed by atoms with Crippen molar-refractivity contribution in [1.29, 1.82) is 5.26 Å². The van der Waals surface area contributed by atoms with Gasteiger partial charge in [-0.1, -0.05) is 22.8 Å². The van der Waals surface area contributed by atoms with E-state index >= 15 is 0 Å². The van der Waals surface area contributed by atoms with Gasteiger partial charge in [-0.15, -0.1) is 0 Å². The van der Waals surface area contributed by atoms with Crippen molar-refractivity contribution in [2.75, 3.05) is 11.6 Å². The van der Waals surface area contributed by atoms with Crippen LogP contribution >= 0.6 is 0 Å². The number of halogens is 2. The standard InChI is InChI=1S/C21H15F2N5OS/c1-30(26-12-24)11-13-3-2-4-14(9-13)27-21-25-10-18(23)19(28-21)16-5-6-17(22)15-7-8-29-20(15)16/h2-10H,11H2,1H3,(H,25,27,28). The zero-order valence-corrected chi connectivity index (χ0v) is 16.6. The molecular weight excluding hydrogens is 408 g/mol. The monoisotopic (exact) mass is 423 g/mol. The summed E-state index contributed by atoms with van der Waals surface area (Å²) in [5.74, 6) is -0.285. The van der Waals surface area contributed by atoms with Crippen LogP contribution in [0.2, 0.25) is 0 Å². The van der Waals surface area contributed by atoms with Crippen LogP contribution in [0.5, 0.6) is 0 Å².